The third-order valence-electron chi connectivity index (χ3n) is 3.96. The Labute approximate surface area is 164 Å². The van der Waals surface area contributed by atoms with Gasteiger partial charge in [0, 0.05) is 17.6 Å². The first-order chi connectivity index (χ1) is 13.1. The third-order valence-corrected chi connectivity index (χ3v) is 4.65. The highest BCUT2D eigenvalue weighted by Gasteiger charge is 2.10. The smallest absolute Gasteiger partial charge is 0.260 e. The van der Waals surface area contributed by atoms with Crippen LogP contribution in [-0.4, -0.2) is 36.1 Å². The SMILES string of the molecule is COc1ccc(Br)c(C(=O)NCCCNc2nc3ccccc3c(=O)[nH]2)c1. The van der Waals surface area contributed by atoms with Crippen LogP contribution in [0.5, 0.6) is 5.75 Å². The van der Waals surface area contributed by atoms with Gasteiger partial charge in [-0.05, 0) is 52.7 Å². The summed E-state index contributed by atoms with van der Waals surface area (Å²) in [5.41, 5.74) is 0.974. The van der Waals surface area contributed by atoms with Crippen molar-refractivity contribution in [3.63, 3.8) is 0 Å². The predicted octanol–water partition coefficient (Wildman–Crippen LogP) is 2.93. The van der Waals surface area contributed by atoms with Crippen LogP contribution in [-0.2, 0) is 0 Å². The minimum atomic E-state index is -0.182. The number of anilines is 1. The van der Waals surface area contributed by atoms with E-state index in [4.69, 9.17) is 4.74 Å². The Bertz CT molecular complexity index is 1020. The first-order valence-corrected chi connectivity index (χ1v) is 9.22. The van der Waals surface area contributed by atoms with Crippen molar-refractivity contribution in [1.29, 1.82) is 0 Å². The Morgan fingerprint density at radius 2 is 2.04 bits per heavy atom. The number of hydrogen-bond acceptors (Lipinski definition) is 5. The van der Waals surface area contributed by atoms with Gasteiger partial charge in [0.15, 0.2) is 0 Å². The summed E-state index contributed by atoms with van der Waals surface area (Å²) < 4.78 is 5.85. The highest BCUT2D eigenvalue weighted by Crippen LogP contribution is 2.22. The quantitative estimate of drug-likeness (QED) is 0.500. The first-order valence-electron chi connectivity index (χ1n) is 8.43. The fourth-order valence-electron chi connectivity index (χ4n) is 2.57. The second-order valence-corrected chi connectivity index (χ2v) is 6.67. The molecule has 7 nitrogen and oxygen atoms in total. The van der Waals surface area contributed by atoms with Crippen LogP contribution in [0.1, 0.15) is 16.8 Å². The largest absolute Gasteiger partial charge is 0.497 e. The summed E-state index contributed by atoms with van der Waals surface area (Å²) in [5, 5.41) is 6.49. The third kappa shape index (κ3) is 4.65. The van der Waals surface area contributed by atoms with Gasteiger partial charge in [0.2, 0.25) is 5.95 Å². The molecule has 0 aliphatic rings. The van der Waals surface area contributed by atoms with Gasteiger partial charge >= 0.3 is 0 Å². The minimum absolute atomic E-state index is 0.181. The number of halogens is 1. The molecule has 0 unspecified atom stereocenters. The lowest BCUT2D eigenvalue weighted by atomic mass is 10.2. The number of H-pyrrole nitrogens is 1. The molecule has 0 saturated carbocycles. The number of rotatable bonds is 7. The number of ether oxygens (including phenoxy) is 1. The van der Waals surface area contributed by atoms with Crippen molar-refractivity contribution in [2.24, 2.45) is 0 Å². The highest BCUT2D eigenvalue weighted by atomic mass is 79.9. The zero-order valence-corrected chi connectivity index (χ0v) is 16.3. The summed E-state index contributed by atoms with van der Waals surface area (Å²) >= 11 is 3.37. The Balaban J connectivity index is 1.51. The fourth-order valence-corrected chi connectivity index (χ4v) is 2.99. The van der Waals surface area contributed by atoms with Crippen LogP contribution in [0.15, 0.2) is 51.7 Å². The molecule has 2 aromatic carbocycles. The highest BCUT2D eigenvalue weighted by molar-refractivity contribution is 9.10. The maximum absolute atomic E-state index is 12.3. The number of aromatic nitrogens is 2. The lowest BCUT2D eigenvalue weighted by Gasteiger charge is -2.09. The van der Waals surface area contributed by atoms with Crippen molar-refractivity contribution >= 4 is 38.7 Å². The molecule has 0 saturated heterocycles. The summed E-state index contributed by atoms with van der Waals surface area (Å²) in [7, 11) is 1.56. The van der Waals surface area contributed by atoms with Gasteiger partial charge < -0.3 is 15.4 Å². The van der Waals surface area contributed by atoms with Crippen molar-refractivity contribution in [2.45, 2.75) is 6.42 Å². The lowest BCUT2D eigenvalue weighted by molar-refractivity contribution is 0.0952. The molecular formula is C19H19BrN4O3. The predicted molar refractivity (Wildman–Crippen MR) is 108 cm³/mol. The van der Waals surface area contributed by atoms with Crippen LogP contribution in [0.4, 0.5) is 5.95 Å². The monoisotopic (exact) mass is 430 g/mol. The molecule has 1 aromatic heterocycles. The van der Waals surface area contributed by atoms with E-state index in [1.54, 1.807) is 43.5 Å². The maximum Gasteiger partial charge on any atom is 0.260 e. The summed E-state index contributed by atoms with van der Waals surface area (Å²) in [4.78, 5) is 31.4. The topological polar surface area (TPSA) is 96.1 Å². The van der Waals surface area contributed by atoms with Gasteiger partial charge in [0.25, 0.3) is 11.5 Å². The number of aromatic amines is 1. The number of carbonyl (C=O) groups is 1. The molecule has 0 spiro atoms. The Hall–Kier alpha value is -2.87. The van der Waals surface area contributed by atoms with Crippen molar-refractivity contribution in [2.75, 3.05) is 25.5 Å². The fraction of sp³-hybridized carbons (Fsp3) is 0.211. The summed E-state index contributed by atoms with van der Waals surface area (Å²) in [6.45, 7) is 1.04. The average molecular weight is 431 g/mol. The van der Waals surface area contributed by atoms with Gasteiger partial charge in [0.05, 0.1) is 23.6 Å². The molecule has 3 rings (SSSR count). The first kappa shape index (κ1) is 18.9. The zero-order valence-electron chi connectivity index (χ0n) is 14.7. The molecule has 8 heteroatoms. The van der Waals surface area contributed by atoms with E-state index in [1.165, 1.54) is 0 Å². The van der Waals surface area contributed by atoms with E-state index in [0.717, 1.165) is 0 Å². The number of nitrogens with one attached hydrogen (secondary N) is 3. The van der Waals surface area contributed by atoms with Crippen LogP contribution in [0.3, 0.4) is 0 Å². The van der Waals surface area contributed by atoms with Crippen LogP contribution >= 0.6 is 15.9 Å². The molecule has 0 bridgehead atoms. The molecule has 1 heterocycles. The van der Waals surface area contributed by atoms with Crippen molar-refractivity contribution < 1.29 is 9.53 Å². The summed E-state index contributed by atoms with van der Waals surface area (Å²) in [5.74, 6) is 0.856. The number of benzene rings is 2. The van der Waals surface area contributed by atoms with Crippen LogP contribution < -0.4 is 20.9 Å². The van der Waals surface area contributed by atoms with Crippen molar-refractivity contribution in [1.82, 2.24) is 15.3 Å². The number of hydrogen-bond donors (Lipinski definition) is 3. The van der Waals surface area contributed by atoms with E-state index in [9.17, 15) is 9.59 Å². The van der Waals surface area contributed by atoms with Crippen LogP contribution in [0, 0.1) is 0 Å². The van der Waals surface area contributed by atoms with E-state index in [0.29, 0.717) is 52.1 Å². The molecular weight excluding hydrogens is 412 g/mol. The van der Waals surface area contributed by atoms with E-state index < -0.39 is 0 Å². The van der Waals surface area contributed by atoms with Crippen LogP contribution in [0.2, 0.25) is 0 Å². The normalized spacial score (nSPS) is 10.6. The number of methoxy groups -OCH3 is 1. The molecule has 27 heavy (non-hydrogen) atoms. The van der Waals surface area contributed by atoms with Gasteiger partial charge in [-0.3, -0.25) is 14.6 Å². The Morgan fingerprint density at radius 3 is 2.85 bits per heavy atom. The Morgan fingerprint density at radius 1 is 1.22 bits per heavy atom. The molecule has 0 aliphatic carbocycles. The molecule has 0 fully saturated rings. The van der Waals surface area contributed by atoms with Gasteiger partial charge in [-0.2, -0.15) is 0 Å². The average Bonchev–Trinajstić information content (AvgIpc) is 2.68. The van der Waals surface area contributed by atoms with Gasteiger partial charge in [0.1, 0.15) is 5.75 Å². The molecule has 0 aliphatic heterocycles. The lowest BCUT2D eigenvalue weighted by Crippen LogP contribution is -2.26. The maximum atomic E-state index is 12.3. The number of carbonyl (C=O) groups excluding carboxylic acids is 1. The standard InChI is InChI=1S/C19H19BrN4O3/c1-27-12-7-8-15(20)14(11-12)17(25)21-9-4-10-22-19-23-16-6-3-2-5-13(16)18(26)24-19/h2-3,5-8,11H,4,9-10H2,1H3,(H,21,25)(H2,22,23,24,26). The molecule has 0 atom stereocenters. The molecule has 3 aromatic rings. The number of nitrogens with zero attached hydrogens (tertiary/aromatic N) is 1. The zero-order chi connectivity index (χ0) is 19.2. The summed E-state index contributed by atoms with van der Waals surface area (Å²) in [6, 6.07) is 12.4. The Kier molecular flexibility index (Phi) is 6.08. The van der Waals surface area contributed by atoms with Crippen molar-refractivity contribution in [3.8, 4) is 5.75 Å². The number of fused-ring (bicyclic) bond motifs is 1. The van der Waals surface area contributed by atoms with E-state index in [2.05, 4.69) is 36.5 Å². The summed E-state index contributed by atoms with van der Waals surface area (Å²) in [6.07, 6.45) is 0.671. The van der Waals surface area contributed by atoms with Crippen LogP contribution in [0.25, 0.3) is 10.9 Å². The van der Waals surface area contributed by atoms with E-state index in [1.807, 2.05) is 6.07 Å². The second kappa shape index (κ2) is 8.68. The van der Waals surface area contributed by atoms with E-state index >= 15 is 0 Å². The second-order valence-electron chi connectivity index (χ2n) is 5.81. The molecule has 1 amide bonds. The number of para-hydroxylation sites is 1. The van der Waals surface area contributed by atoms with Gasteiger partial charge in [-0.25, -0.2) is 4.98 Å². The number of amides is 1. The molecule has 0 radical (unpaired) electrons. The minimum Gasteiger partial charge on any atom is -0.497 e. The van der Waals surface area contributed by atoms with Crippen molar-refractivity contribution in [3.05, 3.63) is 62.9 Å². The van der Waals surface area contributed by atoms with Gasteiger partial charge in [-0.1, -0.05) is 12.1 Å². The van der Waals surface area contributed by atoms with E-state index in [-0.39, 0.29) is 11.5 Å². The molecule has 140 valence electrons. The van der Waals surface area contributed by atoms with Gasteiger partial charge in [-0.15, -0.1) is 0 Å². The molecule has 3 N–H and O–H groups in total.